The van der Waals surface area contributed by atoms with Gasteiger partial charge in [-0.05, 0) is 56.4 Å². The number of aryl methyl sites for hydroxylation is 1. The first-order valence-electron chi connectivity index (χ1n) is 6.96. The Morgan fingerprint density at radius 1 is 1.47 bits per heavy atom. The lowest BCUT2D eigenvalue weighted by atomic mass is 9.93. The number of nitrogens with two attached hydrogens (primary N) is 1. The lowest BCUT2D eigenvalue weighted by Crippen LogP contribution is -2.31. The highest BCUT2D eigenvalue weighted by Gasteiger charge is 2.20. The zero-order valence-electron chi connectivity index (χ0n) is 12.3. The van der Waals surface area contributed by atoms with Gasteiger partial charge in [0.15, 0.2) is 0 Å². The Hall–Kier alpha value is -1.70. The molecule has 102 valence electrons. The number of benzene rings is 1. The SMILES string of the molecule is C=CC=C(C)CN1CCCc2c1cc(C)c(N)c2C. The molecule has 2 heteroatoms. The van der Waals surface area contributed by atoms with Crippen LogP contribution in [0, 0.1) is 13.8 Å². The molecular formula is C17H24N2. The zero-order chi connectivity index (χ0) is 14.0. The fourth-order valence-electron chi connectivity index (χ4n) is 2.90. The van der Waals surface area contributed by atoms with Gasteiger partial charge in [-0.3, -0.25) is 0 Å². The van der Waals surface area contributed by atoms with Crippen molar-refractivity contribution in [2.75, 3.05) is 23.7 Å². The summed E-state index contributed by atoms with van der Waals surface area (Å²) in [5, 5.41) is 0. The molecular weight excluding hydrogens is 232 g/mol. The third kappa shape index (κ3) is 2.67. The molecule has 1 aromatic carbocycles. The van der Waals surface area contributed by atoms with Crippen molar-refractivity contribution in [3.05, 3.63) is 47.1 Å². The molecule has 2 N–H and O–H groups in total. The summed E-state index contributed by atoms with van der Waals surface area (Å²) in [7, 11) is 0. The summed E-state index contributed by atoms with van der Waals surface area (Å²) in [6, 6.07) is 2.25. The standard InChI is InChI=1S/C17H24N2/c1-5-7-12(2)11-19-9-6-8-15-14(4)17(18)13(3)10-16(15)19/h5,7,10H,1,6,8-9,11,18H2,2-4H3. The topological polar surface area (TPSA) is 29.3 Å². The smallest absolute Gasteiger partial charge is 0.0408 e. The Labute approximate surface area is 116 Å². The van der Waals surface area contributed by atoms with E-state index in [0.717, 1.165) is 25.2 Å². The van der Waals surface area contributed by atoms with E-state index in [9.17, 15) is 0 Å². The molecule has 1 heterocycles. The quantitative estimate of drug-likeness (QED) is 0.659. The van der Waals surface area contributed by atoms with Gasteiger partial charge in [-0.15, -0.1) is 0 Å². The Bertz CT molecular complexity index is 527. The van der Waals surface area contributed by atoms with Crippen LogP contribution in [-0.4, -0.2) is 13.1 Å². The van der Waals surface area contributed by atoms with E-state index in [-0.39, 0.29) is 0 Å². The van der Waals surface area contributed by atoms with E-state index in [1.165, 1.54) is 34.4 Å². The minimum atomic E-state index is 0.957. The molecule has 0 bridgehead atoms. The Kier molecular flexibility index (Phi) is 3.98. The molecule has 0 aliphatic carbocycles. The second kappa shape index (κ2) is 5.52. The Morgan fingerprint density at radius 2 is 2.21 bits per heavy atom. The maximum atomic E-state index is 6.16. The van der Waals surface area contributed by atoms with Crippen LogP contribution in [0.1, 0.15) is 30.0 Å². The molecule has 0 radical (unpaired) electrons. The molecule has 2 rings (SSSR count). The summed E-state index contributed by atoms with van der Waals surface area (Å²) in [5.74, 6) is 0. The summed E-state index contributed by atoms with van der Waals surface area (Å²) in [5.41, 5.74) is 13.7. The fraction of sp³-hybridized carbons (Fsp3) is 0.412. The summed E-state index contributed by atoms with van der Waals surface area (Å²) >= 11 is 0. The van der Waals surface area contributed by atoms with Crippen LogP contribution in [0.2, 0.25) is 0 Å². The van der Waals surface area contributed by atoms with Crippen molar-refractivity contribution in [2.45, 2.75) is 33.6 Å². The molecule has 1 aliphatic rings. The lowest BCUT2D eigenvalue weighted by Gasteiger charge is -2.33. The number of hydrogen-bond acceptors (Lipinski definition) is 2. The molecule has 0 unspecified atom stereocenters. The molecule has 2 nitrogen and oxygen atoms in total. The second-order valence-corrected chi connectivity index (χ2v) is 5.50. The minimum Gasteiger partial charge on any atom is -0.398 e. The van der Waals surface area contributed by atoms with Gasteiger partial charge in [0.25, 0.3) is 0 Å². The van der Waals surface area contributed by atoms with E-state index in [1.807, 2.05) is 6.08 Å². The third-order valence-corrected chi connectivity index (χ3v) is 3.98. The average molecular weight is 256 g/mol. The lowest BCUT2D eigenvalue weighted by molar-refractivity contribution is 0.710. The van der Waals surface area contributed by atoms with E-state index < -0.39 is 0 Å². The van der Waals surface area contributed by atoms with Crippen molar-refractivity contribution in [3.63, 3.8) is 0 Å². The highest BCUT2D eigenvalue weighted by atomic mass is 15.1. The van der Waals surface area contributed by atoms with Crippen molar-refractivity contribution < 1.29 is 0 Å². The number of fused-ring (bicyclic) bond motifs is 1. The van der Waals surface area contributed by atoms with Gasteiger partial charge in [-0.2, -0.15) is 0 Å². The zero-order valence-corrected chi connectivity index (χ0v) is 12.3. The van der Waals surface area contributed by atoms with Crippen molar-refractivity contribution in [1.29, 1.82) is 0 Å². The monoisotopic (exact) mass is 256 g/mol. The highest BCUT2D eigenvalue weighted by molar-refractivity contribution is 5.69. The number of nitrogen functional groups attached to an aromatic ring is 1. The molecule has 0 fully saturated rings. The maximum Gasteiger partial charge on any atom is 0.0408 e. The molecule has 1 aliphatic heterocycles. The van der Waals surface area contributed by atoms with E-state index in [2.05, 4.69) is 44.4 Å². The third-order valence-electron chi connectivity index (χ3n) is 3.98. The van der Waals surface area contributed by atoms with E-state index in [4.69, 9.17) is 5.73 Å². The molecule has 0 amide bonds. The molecule has 0 saturated carbocycles. The van der Waals surface area contributed by atoms with Crippen LogP contribution in [0.4, 0.5) is 11.4 Å². The van der Waals surface area contributed by atoms with Crippen molar-refractivity contribution in [3.8, 4) is 0 Å². The normalized spacial score (nSPS) is 15.3. The van der Waals surface area contributed by atoms with Gasteiger partial charge >= 0.3 is 0 Å². The Morgan fingerprint density at radius 3 is 2.89 bits per heavy atom. The maximum absolute atomic E-state index is 6.16. The van der Waals surface area contributed by atoms with Gasteiger partial charge in [-0.25, -0.2) is 0 Å². The van der Waals surface area contributed by atoms with Crippen LogP contribution in [-0.2, 0) is 6.42 Å². The van der Waals surface area contributed by atoms with Gasteiger partial charge in [0.1, 0.15) is 0 Å². The molecule has 0 saturated heterocycles. The molecule has 1 aromatic rings. The van der Waals surface area contributed by atoms with Gasteiger partial charge in [0.05, 0.1) is 0 Å². The van der Waals surface area contributed by atoms with Gasteiger partial charge in [0, 0.05) is 24.5 Å². The summed E-state index contributed by atoms with van der Waals surface area (Å²) in [4.78, 5) is 2.47. The van der Waals surface area contributed by atoms with E-state index in [0.29, 0.717) is 0 Å². The number of hydrogen-bond donors (Lipinski definition) is 1. The number of rotatable bonds is 3. The van der Waals surface area contributed by atoms with Crippen molar-refractivity contribution in [2.24, 2.45) is 0 Å². The minimum absolute atomic E-state index is 0.957. The van der Waals surface area contributed by atoms with E-state index in [1.54, 1.807) is 0 Å². The van der Waals surface area contributed by atoms with Crippen LogP contribution in [0.25, 0.3) is 0 Å². The van der Waals surface area contributed by atoms with Gasteiger partial charge in [-0.1, -0.05) is 24.3 Å². The second-order valence-electron chi connectivity index (χ2n) is 5.50. The van der Waals surface area contributed by atoms with Gasteiger partial charge < -0.3 is 10.6 Å². The molecule has 19 heavy (non-hydrogen) atoms. The number of anilines is 2. The predicted molar refractivity (Wildman–Crippen MR) is 84.8 cm³/mol. The predicted octanol–water partition coefficient (Wildman–Crippen LogP) is 3.77. The van der Waals surface area contributed by atoms with Crippen molar-refractivity contribution in [1.82, 2.24) is 0 Å². The van der Waals surface area contributed by atoms with Crippen LogP contribution in [0.5, 0.6) is 0 Å². The summed E-state index contributed by atoms with van der Waals surface area (Å²) in [6.45, 7) is 12.3. The fourth-order valence-corrected chi connectivity index (χ4v) is 2.90. The van der Waals surface area contributed by atoms with Crippen LogP contribution < -0.4 is 10.6 Å². The van der Waals surface area contributed by atoms with Crippen LogP contribution >= 0.6 is 0 Å². The van der Waals surface area contributed by atoms with Gasteiger partial charge in [0.2, 0.25) is 0 Å². The Balaban J connectivity index is 2.39. The molecule has 0 atom stereocenters. The van der Waals surface area contributed by atoms with Crippen LogP contribution in [0.3, 0.4) is 0 Å². The van der Waals surface area contributed by atoms with Crippen molar-refractivity contribution >= 4 is 11.4 Å². The first kappa shape index (κ1) is 13.7. The first-order chi connectivity index (χ1) is 9.04. The largest absolute Gasteiger partial charge is 0.398 e. The average Bonchev–Trinajstić information content (AvgIpc) is 2.37. The highest BCUT2D eigenvalue weighted by Crippen LogP contribution is 2.35. The molecule has 0 aromatic heterocycles. The molecule has 0 spiro atoms. The summed E-state index contributed by atoms with van der Waals surface area (Å²) in [6.07, 6.45) is 6.30. The summed E-state index contributed by atoms with van der Waals surface area (Å²) < 4.78 is 0. The van der Waals surface area contributed by atoms with Crippen LogP contribution in [0.15, 0.2) is 30.4 Å². The van der Waals surface area contributed by atoms with E-state index >= 15 is 0 Å². The number of nitrogens with zero attached hydrogens (tertiary/aromatic N) is 1. The first-order valence-corrected chi connectivity index (χ1v) is 6.96. The number of allylic oxidation sites excluding steroid dienone is 2.